The summed E-state index contributed by atoms with van der Waals surface area (Å²) < 4.78 is 7.04. The van der Waals surface area contributed by atoms with E-state index in [-0.39, 0.29) is 5.56 Å². The third-order valence-electron chi connectivity index (χ3n) is 3.23. The van der Waals surface area contributed by atoms with Crippen molar-refractivity contribution >= 4 is 33.8 Å². The lowest BCUT2D eigenvalue weighted by molar-refractivity contribution is 0.561. The van der Waals surface area contributed by atoms with E-state index in [2.05, 4.69) is 4.98 Å². The van der Waals surface area contributed by atoms with E-state index in [4.69, 9.17) is 16.6 Å². The molecule has 0 fully saturated rings. The number of rotatable bonds is 2. The van der Waals surface area contributed by atoms with E-state index < -0.39 is 0 Å². The maximum Gasteiger partial charge on any atom is 0.263 e. The van der Waals surface area contributed by atoms with E-state index in [1.165, 1.54) is 0 Å². The summed E-state index contributed by atoms with van der Waals surface area (Å²) in [5, 5.41) is 0.736. The summed E-state index contributed by atoms with van der Waals surface area (Å²) >= 11 is 6.85. The number of fused-ring (bicyclic) bond motifs is 1. The molecule has 0 aromatic carbocycles. The van der Waals surface area contributed by atoms with Crippen LogP contribution < -0.4 is 5.56 Å². The number of nitrogens with one attached hydrogen (secondary N) is 1. The lowest BCUT2D eigenvalue weighted by Gasteiger charge is -2.04. The number of nitrogens with zero attached hydrogens (tertiary/aromatic N) is 1. The van der Waals surface area contributed by atoms with Crippen LogP contribution in [0.4, 0.5) is 0 Å². The van der Waals surface area contributed by atoms with E-state index in [9.17, 15) is 4.79 Å². The fourth-order valence-corrected chi connectivity index (χ4v) is 3.44. The largest absolute Gasteiger partial charge is 0.472 e. The molecule has 0 saturated heterocycles. The number of furan rings is 1. The summed E-state index contributed by atoms with van der Waals surface area (Å²) in [7, 11) is 0. The molecule has 3 aromatic heterocycles. The van der Waals surface area contributed by atoms with Gasteiger partial charge in [-0.3, -0.25) is 9.36 Å². The third kappa shape index (κ3) is 1.97. The Morgan fingerprint density at radius 3 is 2.95 bits per heavy atom. The molecule has 6 heteroatoms. The summed E-state index contributed by atoms with van der Waals surface area (Å²) in [5.41, 5.74) is 1.91. The number of H-pyrrole nitrogens is 1. The number of aromatic amines is 1. The van der Waals surface area contributed by atoms with E-state index in [0.29, 0.717) is 11.3 Å². The fourth-order valence-electron chi connectivity index (χ4n) is 2.07. The van der Waals surface area contributed by atoms with Gasteiger partial charge in [0.15, 0.2) is 4.77 Å². The van der Waals surface area contributed by atoms with Gasteiger partial charge in [-0.15, -0.1) is 11.3 Å². The Hall–Kier alpha value is -1.66. The standard InChI is InChI=1S/C13H12N2O2S2/c1-7-8(2)19-11-10(7)12(16)15(13(18)14-11)5-9-3-4-17-6-9/h3-4,6H,5H2,1-2H3,(H,14,18). The highest BCUT2D eigenvalue weighted by Gasteiger charge is 2.13. The molecule has 1 N–H and O–H groups in total. The van der Waals surface area contributed by atoms with Crippen LogP contribution in [0.25, 0.3) is 10.2 Å². The first-order chi connectivity index (χ1) is 9.08. The average molecular weight is 292 g/mol. The first-order valence-corrected chi connectivity index (χ1v) is 7.04. The lowest BCUT2D eigenvalue weighted by Crippen LogP contribution is -2.22. The van der Waals surface area contributed by atoms with Gasteiger partial charge in [-0.05, 0) is 37.7 Å². The van der Waals surface area contributed by atoms with Crippen molar-refractivity contribution in [3.8, 4) is 0 Å². The fraction of sp³-hybridized carbons (Fsp3) is 0.231. The van der Waals surface area contributed by atoms with Crippen LogP contribution in [0.1, 0.15) is 16.0 Å². The van der Waals surface area contributed by atoms with Crippen molar-refractivity contribution in [3.05, 3.63) is 49.7 Å². The molecule has 0 radical (unpaired) electrons. The molecule has 3 heterocycles. The molecule has 0 unspecified atom stereocenters. The molecule has 0 atom stereocenters. The zero-order valence-corrected chi connectivity index (χ0v) is 12.2. The molecule has 0 amide bonds. The van der Waals surface area contributed by atoms with E-state index in [1.807, 2.05) is 19.9 Å². The average Bonchev–Trinajstić information content (AvgIpc) is 2.95. The Morgan fingerprint density at radius 2 is 2.26 bits per heavy atom. The topological polar surface area (TPSA) is 50.9 Å². The molecular formula is C13H12N2O2S2. The zero-order chi connectivity index (χ0) is 13.6. The predicted molar refractivity (Wildman–Crippen MR) is 78.6 cm³/mol. The van der Waals surface area contributed by atoms with Crippen LogP contribution in [0.2, 0.25) is 0 Å². The Bertz CT molecular complexity index is 853. The second kappa shape index (κ2) is 4.47. The van der Waals surface area contributed by atoms with Crippen molar-refractivity contribution in [3.63, 3.8) is 0 Å². The quantitative estimate of drug-likeness (QED) is 0.737. The first kappa shape index (κ1) is 12.4. The molecule has 0 bridgehead atoms. The Balaban J connectivity index is 2.28. The molecular weight excluding hydrogens is 280 g/mol. The number of hydrogen-bond acceptors (Lipinski definition) is 4. The van der Waals surface area contributed by atoms with Crippen molar-refractivity contribution in [2.45, 2.75) is 20.4 Å². The molecule has 0 aliphatic heterocycles. The van der Waals surface area contributed by atoms with Crippen molar-refractivity contribution in [2.24, 2.45) is 0 Å². The first-order valence-electron chi connectivity index (χ1n) is 5.82. The number of aryl methyl sites for hydroxylation is 2. The molecule has 0 aliphatic carbocycles. The van der Waals surface area contributed by atoms with Crippen LogP contribution >= 0.6 is 23.6 Å². The number of aromatic nitrogens is 2. The van der Waals surface area contributed by atoms with Crippen LogP contribution in [0.5, 0.6) is 0 Å². The van der Waals surface area contributed by atoms with Gasteiger partial charge in [0.1, 0.15) is 4.83 Å². The maximum absolute atomic E-state index is 12.6. The zero-order valence-electron chi connectivity index (χ0n) is 10.5. The highest BCUT2D eigenvalue weighted by Crippen LogP contribution is 2.25. The second-order valence-electron chi connectivity index (χ2n) is 4.44. The minimum absolute atomic E-state index is 0.0400. The number of hydrogen-bond donors (Lipinski definition) is 1. The summed E-state index contributed by atoms with van der Waals surface area (Å²) in [6.07, 6.45) is 3.21. The molecule has 0 aliphatic rings. The Morgan fingerprint density at radius 1 is 1.47 bits per heavy atom. The summed E-state index contributed by atoms with van der Waals surface area (Å²) in [6.45, 7) is 4.40. The van der Waals surface area contributed by atoms with Gasteiger partial charge in [0.25, 0.3) is 5.56 Å². The minimum Gasteiger partial charge on any atom is -0.472 e. The predicted octanol–water partition coefficient (Wildman–Crippen LogP) is 3.38. The van der Waals surface area contributed by atoms with Crippen molar-refractivity contribution in [1.29, 1.82) is 0 Å². The van der Waals surface area contributed by atoms with Gasteiger partial charge in [0.05, 0.1) is 24.5 Å². The SMILES string of the molecule is Cc1sc2[nH]c(=S)n(Cc3ccoc3)c(=O)c2c1C. The van der Waals surface area contributed by atoms with Crippen molar-refractivity contribution in [2.75, 3.05) is 0 Å². The minimum atomic E-state index is -0.0400. The van der Waals surface area contributed by atoms with Crippen LogP contribution in [0, 0.1) is 18.6 Å². The Kier molecular flexibility index (Phi) is 2.91. The van der Waals surface area contributed by atoms with Gasteiger partial charge in [0, 0.05) is 10.4 Å². The molecule has 0 saturated carbocycles. The summed E-state index contributed by atoms with van der Waals surface area (Å²) in [4.78, 5) is 17.7. The molecule has 3 rings (SSSR count). The van der Waals surface area contributed by atoms with E-state index in [0.717, 1.165) is 26.2 Å². The Labute approximate surface area is 118 Å². The lowest BCUT2D eigenvalue weighted by atomic mass is 10.2. The van der Waals surface area contributed by atoms with Gasteiger partial charge in [0.2, 0.25) is 0 Å². The maximum atomic E-state index is 12.6. The highest BCUT2D eigenvalue weighted by atomic mass is 32.1. The van der Waals surface area contributed by atoms with Gasteiger partial charge in [-0.1, -0.05) is 0 Å². The van der Waals surface area contributed by atoms with Crippen LogP contribution in [0.15, 0.2) is 27.8 Å². The monoisotopic (exact) mass is 292 g/mol. The van der Waals surface area contributed by atoms with Gasteiger partial charge >= 0.3 is 0 Å². The summed E-state index contributed by atoms with van der Waals surface area (Å²) in [5.74, 6) is 0. The third-order valence-corrected chi connectivity index (χ3v) is 4.68. The molecule has 0 spiro atoms. The highest BCUT2D eigenvalue weighted by molar-refractivity contribution is 7.71. The van der Waals surface area contributed by atoms with Crippen molar-refractivity contribution in [1.82, 2.24) is 9.55 Å². The van der Waals surface area contributed by atoms with Crippen LogP contribution in [-0.4, -0.2) is 9.55 Å². The molecule has 98 valence electrons. The van der Waals surface area contributed by atoms with Crippen LogP contribution in [0.3, 0.4) is 0 Å². The van der Waals surface area contributed by atoms with Gasteiger partial charge in [-0.25, -0.2) is 0 Å². The molecule has 3 aromatic rings. The second-order valence-corrected chi connectivity index (χ2v) is 6.05. The molecule has 4 nitrogen and oxygen atoms in total. The van der Waals surface area contributed by atoms with Crippen LogP contribution in [-0.2, 0) is 6.54 Å². The number of thiophene rings is 1. The normalized spacial score (nSPS) is 11.3. The van der Waals surface area contributed by atoms with Crippen molar-refractivity contribution < 1.29 is 4.42 Å². The molecule has 19 heavy (non-hydrogen) atoms. The summed E-state index contributed by atoms with van der Waals surface area (Å²) in [6, 6.07) is 1.83. The van der Waals surface area contributed by atoms with Gasteiger partial charge in [-0.2, -0.15) is 0 Å². The van der Waals surface area contributed by atoms with E-state index >= 15 is 0 Å². The smallest absolute Gasteiger partial charge is 0.263 e. The van der Waals surface area contributed by atoms with E-state index in [1.54, 1.807) is 28.4 Å². The van der Waals surface area contributed by atoms with Gasteiger partial charge < -0.3 is 9.40 Å².